The van der Waals surface area contributed by atoms with Crippen LogP contribution in [0.15, 0.2) is 48.5 Å². The molecule has 2 aromatic carbocycles. The monoisotopic (exact) mass is 352 g/mol. The summed E-state index contributed by atoms with van der Waals surface area (Å²) in [6.07, 6.45) is 0.253. The van der Waals surface area contributed by atoms with Crippen LogP contribution >= 0.6 is 0 Å². The molecule has 2 aromatic rings. The summed E-state index contributed by atoms with van der Waals surface area (Å²) in [7, 11) is 0. The number of carbonyl (C=O) groups excluding carboxylic acids is 2. The smallest absolute Gasteiger partial charge is 0.227 e. The molecule has 26 heavy (non-hydrogen) atoms. The van der Waals surface area contributed by atoms with E-state index in [1.165, 1.54) is 0 Å². The van der Waals surface area contributed by atoms with Crippen LogP contribution in [0.2, 0.25) is 0 Å². The van der Waals surface area contributed by atoms with Gasteiger partial charge in [0.05, 0.1) is 12.5 Å². The number of carbonyl (C=O) groups is 2. The molecule has 1 saturated heterocycles. The van der Waals surface area contributed by atoms with Gasteiger partial charge in [0.1, 0.15) is 5.75 Å². The Kier molecular flexibility index (Phi) is 5.56. The molecule has 1 aliphatic heterocycles. The van der Waals surface area contributed by atoms with Gasteiger partial charge in [0.2, 0.25) is 11.8 Å². The van der Waals surface area contributed by atoms with Crippen LogP contribution in [0.25, 0.3) is 0 Å². The lowest BCUT2D eigenvalue weighted by Crippen LogP contribution is -2.32. The molecule has 136 valence electrons. The van der Waals surface area contributed by atoms with Crippen molar-refractivity contribution >= 4 is 17.5 Å². The summed E-state index contributed by atoms with van der Waals surface area (Å²) in [6, 6.07) is 15.4. The third kappa shape index (κ3) is 4.23. The van der Waals surface area contributed by atoms with Crippen LogP contribution in [0.5, 0.6) is 5.75 Å². The first-order valence-corrected chi connectivity index (χ1v) is 8.93. The molecule has 3 rings (SSSR count). The van der Waals surface area contributed by atoms with Gasteiger partial charge in [-0.1, -0.05) is 29.8 Å². The Balaban J connectivity index is 1.55. The summed E-state index contributed by atoms with van der Waals surface area (Å²) < 4.78 is 5.41. The van der Waals surface area contributed by atoms with E-state index in [-0.39, 0.29) is 24.2 Å². The number of amides is 2. The normalized spacial score (nSPS) is 16.6. The van der Waals surface area contributed by atoms with Crippen molar-refractivity contribution < 1.29 is 14.3 Å². The number of benzene rings is 2. The highest BCUT2D eigenvalue weighted by Crippen LogP contribution is 2.25. The van der Waals surface area contributed by atoms with E-state index in [9.17, 15) is 9.59 Å². The number of ether oxygens (including phenoxy) is 1. The van der Waals surface area contributed by atoms with Crippen LogP contribution in [0.4, 0.5) is 5.69 Å². The maximum absolute atomic E-state index is 12.4. The highest BCUT2D eigenvalue weighted by molar-refractivity contribution is 6.00. The fraction of sp³-hybridized carbons (Fsp3) is 0.333. The minimum absolute atomic E-state index is 0.00456. The molecule has 0 bridgehead atoms. The summed E-state index contributed by atoms with van der Waals surface area (Å²) in [4.78, 5) is 26.4. The largest absolute Gasteiger partial charge is 0.494 e. The molecule has 1 fully saturated rings. The molecule has 2 amide bonds. The molecule has 1 N–H and O–H groups in total. The first-order chi connectivity index (χ1) is 12.6. The molecule has 0 unspecified atom stereocenters. The standard InChI is InChI=1S/C21H24N2O3/c1-3-26-19-10-6-16(7-11-19)13-22-21(25)17-12-20(24)23(14-17)18-8-4-15(2)5-9-18/h4-11,17H,3,12-14H2,1-2H3,(H,22,25)/t17-/m1/s1. The third-order valence-corrected chi connectivity index (χ3v) is 4.54. The molecule has 0 aliphatic carbocycles. The molecule has 5 heteroatoms. The number of hydrogen-bond acceptors (Lipinski definition) is 3. The van der Waals surface area contributed by atoms with Gasteiger partial charge in [-0.2, -0.15) is 0 Å². The van der Waals surface area contributed by atoms with Gasteiger partial charge in [-0.05, 0) is 43.7 Å². The number of nitrogens with zero attached hydrogens (tertiary/aromatic N) is 1. The van der Waals surface area contributed by atoms with E-state index in [1.54, 1.807) is 4.90 Å². The van der Waals surface area contributed by atoms with Crippen molar-refractivity contribution in [2.45, 2.75) is 26.8 Å². The molecule has 1 atom stereocenters. The Morgan fingerprint density at radius 3 is 2.50 bits per heavy atom. The minimum Gasteiger partial charge on any atom is -0.494 e. The van der Waals surface area contributed by atoms with Crippen LogP contribution in [0.3, 0.4) is 0 Å². The van der Waals surface area contributed by atoms with Gasteiger partial charge in [0.25, 0.3) is 0 Å². The lowest BCUT2D eigenvalue weighted by atomic mass is 10.1. The van der Waals surface area contributed by atoms with E-state index in [0.29, 0.717) is 19.7 Å². The van der Waals surface area contributed by atoms with E-state index >= 15 is 0 Å². The predicted molar refractivity (Wildman–Crippen MR) is 101 cm³/mol. The summed E-state index contributed by atoms with van der Waals surface area (Å²) in [5.41, 5.74) is 2.99. The first kappa shape index (κ1) is 18.0. The SMILES string of the molecule is CCOc1ccc(CNC(=O)[C@@H]2CC(=O)N(c3ccc(C)cc3)C2)cc1. The number of hydrogen-bond donors (Lipinski definition) is 1. The molecular formula is C21H24N2O3. The molecule has 0 radical (unpaired) electrons. The van der Waals surface area contributed by atoms with Crippen molar-refractivity contribution in [2.24, 2.45) is 5.92 Å². The van der Waals surface area contributed by atoms with Gasteiger partial charge in [-0.15, -0.1) is 0 Å². The highest BCUT2D eigenvalue weighted by Gasteiger charge is 2.34. The topological polar surface area (TPSA) is 58.6 Å². The van der Waals surface area contributed by atoms with Crippen molar-refractivity contribution in [3.63, 3.8) is 0 Å². The molecule has 0 aromatic heterocycles. The Labute approximate surface area is 154 Å². The Bertz CT molecular complexity index is 769. The second-order valence-corrected chi connectivity index (χ2v) is 6.54. The van der Waals surface area contributed by atoms with Crippen molar-refractivity contribution in [1.82, 2.24) is 5.32 Å². The third-order valence-electron chi connectivity index (χ3n) is 4.54. The van der Waals surface area contributed by atoms with E-state index in [2.05, 4.69) is 5.32 Å². The van der Waals surface area contributed by atoms with Crippen LogP contribution in [0, 0.1) is 12.8 Å². The predicted octanol–water partition coefficient (Wildman–Crippen LogP) is 3.06. The molecule has 5 nitrogen and oxygen atoms in total. The summed E-state index contributed by atoms with van der Waals surface area (Å²) in [5, 5.41) is 2.94. The second kappa shape index (κ2) is 8.04. The van der Waals surface area contributed by atoms with Crippen LogP contribution in [-0.4, -0.2) is 25.0 Å². The van der Waals surface area contributed by atoms with Crippen LogP contribution < -0.4 is 15.0 Å². The fourth-order valence-electron chi connectivity index (χ4n) is 3.06. The number of anilines is 1. The summed E-state index contributed by atoms with van der Waals surface area (Å²) in [6.45, 7) is 5.45. The van der Waals surface area contributed by atoms with E-state index in [1.807, 2.05) is 62.4 Å². The number of aryl methyl sites for hydroxylation is 1. The van der Waals surface area contributed by atoms with Crippen molar-refractivity contribution in [3.05, 3.63) is 59.7 Å². The second-order valence-electron chi connectivity index (χ2n) is 6.54. The Hall–Kier alpha value is -2.82. The average Bonchev–Trinajstić information content (AvgIpc) is 3.04. The van der Waals surface area contributed by atoms with E-state index in [4.69, 9.17) is 4.74 Å². The average molecular weight is 352 g/mol. The fourth-order valence-corrected chi connectivity index (χ4v) is 3.06. The van der Waals surface area contributed by atoms with Crippen LogP contribution in [-0.2, 0) is 16.1 Å². The molecular weight excluding hydrogens is 328 g/mol. The minimum atomic E-state index is -0.313. The molecule has 1 heterocycles. The Morgan fingerprint density at radius 1 is 1.15 bits per heavy atom. The summed E-state index contributed by atoms with van der Waals surface area (Å²) in [5.74, 6) is 0.418. The molecule has 1 aliphatic rings. The highest BCUT2D eigenvalue weighted by atomic mass is 16.5. The zero-order valence-electron chi connectivity index (χ0n) is 15.2. The lowest BCUT2D eigenvalue weighted by molar-refractivity contribution is -0.126. The van der Waals surface area contributed by atoms with Crippen LogP contribution in [0.1, 0.15) is 24.5 Å². The zero-order chi connectivity index (χ0) is 18.5. The number of nitrogens with one attached hydrogen (secondary N) is 1. The van der Waals surface area contributed by atoms with Gasteiger partial charge in [-0.3, -0.25) is 9.59 Å². The zero-order valence-corrected chi connectivity index (χ0v) is 15.2. The summed E-state index contributed by atoms with van der Waals surface area (Å²) >= 11 is 0. The lowest BCUT2D eigenvalue weighted by Gasteiger charge is -2.17. The van der Waals surface area contributed by atoms with Crippen molar-refractivity contribution in [3.8, 4) is 5.75 Å². The van der Waals surface area contributed by atoms with Crippen molar-refractivity contribution in [1.29, 1.82) is 0 Å². The van der Waals surface area contributed by atoms with Gasteiger partial charge >= 0.3 is 0 Å². The van der Waals surface area contributed by atoms with E-state index < -0.39 is 0 Å². The van der Waals surface area contributed by atoms with Gasteiger partial charge < -0.3 is 15.0 Å². The number of rotatable bonds is 6. The molecule has 0 saturated carbocycles. The van der Waals surface area contributed by atoms with Gasteiger partial charge in [0, 0.05) is 25.2 Å². The van der Waals surface area contributed by atoms with Crippen molar-refractivity contribution in [2.75, 3.05) is 18.1 Å². The molecule has 0 spiro atoms. The maximum atomic E-state index is 12.4. The maximum Gasteiger partial charge on any atom is 0.227 e. The van der Waals surface area contributed by atoms with Gasteiger partial charge in [-0.25, -0.2) is 0 Å². The quantitative estimate of drug-likeness (QED) is 0.869. The van der Waals surface area contributed by atoms with Gasteiger partial charge in [0.15, 0.2) is 0 Å². The first-order valence-electron chi connectivity index (χ1n) is 8.93. The Morgan fingerprint density at radius 2 is 1.85 bits per heavy atom. The van der Waals surface area contributed by atoms with E-state index in [0.717, 1.165) is 22.6 Å².